The molecule has 0 aromatic carbocycles. The molecule has 0 spiro atoms. The van der Waals surface area contributed by atoms with Gasteiger partial charge in [-0.2, -0.15) is 17.2 Å². The molecular formula is CHF3LuO3S. The van der Waals surface area contributed by atoms with E-state index >= 15 is 0 Å². The van der Waals surface area contributed by atoms with Crippen molar-refractivity contribution in [3.63, 3.8) is 0 Å². The van der Waals surface area contributed by atoms with Crippen molar-refractivity contribution < 1.29 is 63.0 Å². The molecule has 0 amide bonds. The minimum atomic E-state index is -5.24. The average Bonchev–Trinajstić information content (AvgIpc) is 1.67. The number of alkyl halides is 2. The van der Waals surface area contributed by atoms with E-state index in [9.17, 15) is 21.7 Å². The zero-order valence-electron chi connectivity index (χ0n) is 3.60. The van der Waals surface area contributed by atoms with E-state index in [1.54, 1.807) is 0 Å². The molecule has 0 aliphatic heterocycles. The van der Waals surface area contributed by atoms with Crippen molar-refractivity contribution >= 4 is 10.1 Å². The van der Waals surface area contributed by atoms with Crippen LogP contribution in [-0.4, -0.2) is 14.2 Å². The second-order valence-corrected chi connectivity index (χ2v) is 2.28. The number of hydrogen-bond donors (Lipinski definition) is 0. The summed E-state index contributed by atoms with van der Waals surface area (Å²) in [6, 6.07) is 0. The van der Waals surface area contributed by atoms with Gasteiger partial charge in [-0.3, -0.25) is 0 Å². The van der Waals surface area contributed by atoms with Crippen LogP contribution in [0, 0.1) is 36.9 Å². The predicted molar refractivity (Wildman–Crippen MR) is 17.1 cm³/mol. The molecule has 9 heavy (non-hydrogen) atoms. The van der Waals surface area contributed by atoms with Gasteiger partial charge in [-0.15, -0.1) is 0 Å². The summed E-state index contributed by atoms with van der Waals surface area (Å²) in [7, 11) is -5.24. The number of halogens is 3. The summed E-state index contributed by atoms with van der Waals surface area (Å²) >= 11 is 0. The van der Waals surface area contributed by atoms with Crippen molar-refractivity contribution in [1.29, 1.82) is 0 Å². The monoisotopic (exact) mass is 325 g/mol. The summed E-state index contributed by atoms with van der Waals surface area (Å²) in [4.78, 5) is 0. The maximum absolute atomic E-state index is 10.9. The van der Waals surface area contributed by atoms with Crippen LogP contribution in [0.1, 0.15) is 0 Å². The number of rotatable bonds is 2. The van der Waals surface area contributed by atoms with Gasteiger partial charge in [-0.05, 0) is 4.53 Å². The fraction of sp³-hybridized carbons (Fsp3) is 1.00. The molecule has 0 saturated heterocycles. The maximum atomic E-state index is 10.9. The smallest absolute Gasteiger partial charge is 0.191 e. The Kier molecular flexibility index (Phi) is 6.58. The Morgan fingerprint density at radius 3 is 1.67 bits per heavy atom. The first-order chi connectivity index (χ1) is 3.50. The quantitative estimate of drug-likeness (QED) is 0.740. The number of hydrogen-bond acceptors (Lipinski definition) is 3. The molecule has 0 fully saturated rings. The van der Waals surface area contributed by atoms with E-state index < -0.39 is 15.9 Å². The van der Waals surface area contributed by atoms with Gasteiger partial charge in [0.15, 0.2) is 0 Å². The summed E-state index contributed by atoms with van der Waals surface area (Å²) in [5, 5.41) is 0. The van der Waals surface area contributed by atoms with Crippen molar-refractivity contribution in [1.82, 2.24) is 0 Å². The predicted octanol–water partition coefficient (Wildman–Crippen LogP) is 0.440. The minimum Gasteiger partial charge on any atom is -0.191 e. The third-order valence-corrected chi connectivity index (χ3v) is 0.918. The van der Waals surface area contributed by atoms with E-state index in [4.69, 9.17) is 0 Å². The second-order valence-electron chi connectivity index (χ2n) is 0.816. The molecular weight excluding hydrogens is 324 g/mol. The van der Waals surface area contributed by atoms with E-state index in [1.807, 2.05) is 4.39 Å². The molecule has 0 saturated carbocycles. The van der Waals surface area contributed by atoms with Crippen molar-refractivity contribution in [2.75, 3.05) is 0 Å². The van der Waals surface area contributed by atoms with Crippen molar-refractivity contribution in [2.24, 2.45) is 0 Å². The van der Waals surface area contributed by atoms with E-state index in [-0.39, 0.29) is 36.9 Å². The summed E-state index contributed by atoms with van der Waals surface area (Å²) < 4.78 is 52.8. The van der Waals surface area contributed by atoms with Crippen LogP contribution in [0.25, 0.3) is 0 Å². The second kappa shape index (κ2) is 4.70. The van der Waals surface area contributed by atoms with Gasteiger partial charge in [0.1, 0.15) is 0 Å². The van der Waals surface area contributed by atoms with Crippen LogP contribution in [-0.2, 0) is 14.5 Å². The Balaban J connectivity index is 0. The first-order valence-corrected chi connectivity index (χ1v) is 2.80. The molecule has 3 nitrogen and oxygen atoms in total. The van der Waals surface area contributed by atoms with E-state index in [2.05, 4.69) is 0 Å². The van der Waals surface area contributed by atoms with Gasteiger partial charge in [-0.25, -0.2) is 0 Å². The molecule has 0 aliphatic rings. The van der Waals surface area contributed by atoms with Gasteiger partial charge in [0.2, 0.25) is 0 Å². The van der Waals surface area contributed by atoms with Gasteiger partial charge < -0.3 is 0 Å². The molecule has 0 aromatic heterocycles. The SMILES string of the molecule is O=S(=O)(OF)C(F)F.[Lu]. The first kappa shape index (κ1) is 12.6. The van der Waals surface area contributed by atoms with Crippen LogP contribution in [0.5, 0.6) is 0 Å². The molecule has 0 aliphatic carbocycles. The fourth-order valence-corrected chi connectivity index (χ4v) is 0.0825. The van der Waals surface area contributed by atoms with Crippen molar-refractivity contribution in [3.8, 4) is 0 Å². The molecule has 65 valence electrons. The molecule has 1 radical (unpaired) electrons. The van der Waals surface area contributed by atoms with Crippen molar-refractivity contribution in [2.45, 2.75) is 5.76 Å². The Morgan fingerprint density at radius 2 is 1.67 bits per heavy atom. The first-order valence-electron chi connectivity index (χ1n) is 1.33. The Bertz CT molecular complexity index is 152. The van der Waals surface area contributed by atoms with E-state index in [0.29, 0.717) is 0 Å². The largest absolute Gasteiger partial charge is 0.363 e. The molecule has 0 N–H and O–H groups in total. The molecule has 0 bridgehead atoms. The zero-order valence-corrected chi connectivity index (χ0v) is 6.08. The van der Waals surface area contributed by atoms with Crippen LogP contribution < -0.4 is 0 Å². The van der Waals surface area contributed by atoms with Crippen molar-refractivity contribution in [3.05, 3.63) is 0 Å². The molecule has 0 heterocycles. The Morgan fingerprint density at radius 1 is 1.33 bits per heavy atom. The van der Waals surface area contributed by atoms with Crippen LogP contribution in [0.4, 0.5) is 13.3 Å². The summed E-state index contributed by atoms with van der Waals surface area (Å²) in [6.45, 7) is 0. The summed E-state index contributed by atoms with van der Waals surface area (Å²) in [5.41, 5.74) is 0. The minimum absolute atomic E-state index is 0. The molecule has 8 heteroatoms. The normalized spacial score (nSPS) is 11.1. The topological polar surface area (TPSA) is 43.4 Å². The molecule has 0 atom stereocenters. The Hall–Kier alpha value is 0.934. The average molecular weight is 325 g/mol. The van der Waals surface area contributed by atoms with Crippen LogP contribution in [0.15, 0.2) is 0 Å². The van der Waals surface area contributed by atoms with E-state index in [0.717, 1.165) is 0 Å². The van der Waals surface area contributed by atoms with Gasteiger partial charge >= 0.3 is 15.9 Å². The molecule has 0 unspecified atom stereocenters. The van der Waals surface area contributed by atoms with Gasteiger partial charge in [0, 0.05) is 36.9 Å². The van der Waals surface area contributed by atoms with Gasteiger partial charge in [0.25, 0.3) is 0 Å². The van der Waals surface area contributed by atoms with Crippen LogP contribution in [0.3, 0.4) is 0 Å². The van der Waals surface area contributed by atoms with E-state index in [1.165, 1.54) is 0 Å². The fourth-order valence-electron chi connectivity index (χ4n) is 0.0275. The maximum Gasteiger partial charge on any atom is 0.363 e. The molecule has 0 rings (SSSR count). The zero-order chi connectivity index (χ0) is 6.78. The van der Waals surface area contributed by atoms with Crippen LogP contribution >= 0.6 is 0 Å². The third-order valence-electron chi connectivity index (χ3n) is 0.306. The summed E-state index contributed by atoms with van der Waals surface area (Å²) in [5.74, 6) is -3.81. The third kappa shape index (κ3) is 4.35. The summed E-state index contributed by atoms with van der Waals surface area (Å²) in [6.07, 6.45) is 0. The standard InChI is InChI=1S/CHF3O3S.Lu/c2-1(3)8(5,6)7-4;/h1H;. The van der Waals surface area contributed by atoms with Gasteiger partial charge in [0.05, 0.1) is 0 Å². The molecule has 0 aromatic rings. The van der Waals surface area contributed by atoms with Crippen LogP contribution in [0.2, 0.25) is 0 Å². The van der Waals surface area contributed by atoms with Gasteiger partial charge in [-0.1, -0.05) is 4.39 Å². The Labute approximate surface area is 78.4 Å².